The van der Waals surface area contributed by atoms with E-state index in [1.54, 1.807) is 6.07 Å². The molecule has 8 heteroatoms. The molecule has 0 saturated carbocycles. The first-order chi connectivity index (χ1) is 9.36. The van der Waals surface area contributed by atoms with Crippen molar-refractivity contribution in [2.75, 3.05) is 5.32 Å². The third kappa shape index (κ3) is 3.57. The zero-order valence-electron chi connectivity index (χ0n) is 9.88. The maximum absolute atomic E-state index is 13.4. The second-order valence-electron chi connectivity index (χ2n) is 3.84. The highest BCUT2D eigenvalue weighted by Crippen LogP contribution is 2.29. The highest BCUT2D eigenvalue weighted by molar-refractivity contribution is 6.29. The molecule has 1 aromatic heterocycles. The first-order valence-corrected chi connectivity index (χ1v) is 5.83. The van der Waals surface area contributed by atoms with Crippen LogP contribution in [0.4, 0.5) is 23.5 Å². The molecule has 0 unspecified atom stereocenters. The molecule has 106 valence electrons. The fourth-order valence-electron chi connectivity index (χ4n) is 1.46. The van der Waals surface area contributed by atoms with E-state index < -0.39 is 17.7 Å². The van der Waals surface area contributed by atoms with Crippen LogP contribution >= 0.6 is 11.6 Å². The normalized spacial score (nSPS) is 11.4. The maximum Gasteiger partial charge on any atom is 0.433 e. The minimum absolute atomic E-state index is 0.0513. The molecular formula is C12H8ClF4N3. The summed E-state index contributed by atoms with van der Waals surface area (Å²) >= 11 is 5.50. The molecule has 1 heterocycles. The first-order valence-electron chi connectivity index (χ1n) is 5.45. The summed E-state index contributed by atoms with van der Waals surface area (Å²) in [6, 6.07) is 6.49. The zero-order valence-corrected chi connectivity index (χ0v) is 10.6. The van der Waals surface area contributed by atoms with Gasteiger partial charge in [0.1, 0.15) is 11.0 Å². The molecule has 20 heavy (non-hydrogen) atoms. The van der Waals surface area contributed by atoms with Crippen LogP contribution in [0.1, 0.15) is 11.3 Å². The Morgan fingerprint density at radius 1 is 1.15 bits per heavy atom. The van der Waals surface area contributed by atoms with E-state index in [2.05, 4.69) is 15.3 Å². The highest BCUT2D eigenvalue weighted by atomic mass is 35.5. The fraction of sp³-hybridized carbons (Fsp3) is 0.167. The number of anilines is 1. The van der Waals surface area contributed by atoms with Crippen molar-refractivity contribution in [2.24, 2.45) is 0 Å². The van der Waals surface area contributed by atoms with Crippen molar-refractivity contribution in [3.8, 4) is 0 Å². The molecule has 0 saturated heterocycles. The van der Waals surface area contributed by atoms with Gasteiger partial charge in [-0.2, -0.15) is 13.2 Å². The summed E-state index contributed by atoms with van der Waals surface area (Å²) < 4.78 is 51.0. The van der Waals surface area contributed by atoms with Crippen LogP contribution in [0.15, 0.2) is 30.3 Å². The van der Waals surface area contributed by atoms with Gasteiger partial charge in [0.15, 0.2) is 5.69 Å². The number of halogens is 5. The standard InChI is InChI=1S/C12H8ClF4N3/c13-10-5-9(12(15,16)17)19-11(20-10)18-6-7-3-1-2-4-8(7)14/h1-5H,6H2,(H,18,19,20). The van der Waals surface area contributed by atoms with E-state index in [0.717, 1.165) is 0 Å². The summed E-state index contributed by atoms with van der Waals surface area (Å²) in [6.07, 6.45) is -4.62. The van der Waals surface area contributed by atoms with Crippen LogP contribution in [0.5, 0.6) is 0 Å². The lowest BCUT2D eigenvalue weighted by atomic mass is 10.2. The predicted octanol–water partition coefficient (Wildman–Crippen LogP) is 3.90. The summed E-state index contributed by atoms with van der Waals surface area (Å²) in [5.74, 6) is -0.786. The van der Waals surface area contributed by atoms with Gasteiger partial charge in [-0.15, -0.1) is 0 Å². The molecule has 1 aromatic carbocycles. The number of benzene rings is 1. The lowest BCUT2D eigenvalue weighted by molar-refractivity contribution is -0.141. The predicted molar refractivity (Wildman–Crippen MR) is 65.8 cm³/mol. The average Bonchev–Trinajstić information content (AvgIpc) is 2.36. The summed E-state index contributed by atoms with van der Waals surface area (Å²) in [5, 5.41) is 2.16. The Balaban J connectivity index is 2.18. The van der Waals surface area contributed by atoms with Crippen molar-refractivity contribution in [1.82, 2.24) is 9.97 Å². The van der Waals surface area contributed by atoms with Crippen molar-refractivity contribution in [1.29, 1.82) is 0 Å². The molecule has 0 bridgehead atoms. The molecule has 0 aliphatic carbocycles. The zero-order chi connectivity index (χ0) is 14.8. The van der Waals surface area contributed by atoms with Gasteiger partial charge in [0, 0.05) is 18.2 Å². The topological polar surface area (TPSA) is 37.8 Å². The van der Waals surface area contributed by atoms with E-state index in [0.29, 0.717) is 6.07 Å². The van der Waals surface area contributed by atoms with E-state index in [1.807, 2.05) is 0 Å². The molecular weight excluding hydrogens is 298 g/mol. The van der Waals surface area contributed by atoms with Crippen LogP contribution in [-0.4, -0.2) is 9.97 Å². The second-order valence-corrected chi connectivity index (χ2v) is 4.23. The van der Waals surface area contributed by atoms with E-state index in [9.17, 15) is 17.6 Å². The van der Waals surface area contributed by atoms with Crippen LogP contribution in [0.25, 0.3) is 0 Å². The van der Waals surface area contributed by atoms with Crippen molar-refractivity contribution < 1.29 is 17.6 Å². The quantitative estimate of drug-likeness (QED) is 0.690. The Labute approximate surface area is 116 Å². The fourth-order valence-corrected chi connectivity index (χ4v) is 1.64. The molecule has 0 spiro atoms. The van der Waals surface area contributed by atoms with E-state index >= 15 is 0 Å². The van der Waals surface area contributed by atoms with Crippen molar-refractivity contribution in [3.63, 3.8) is 0 Å². The lowest BCUT2D eigenvalue weighted by Gasteiger charge is -2.10. The first kappa shape index (κ1) is 14.5. The number of alkyl halides is 3. The molecule has 3 nitrogen and oxygen atoms in total. The maximum atomic E-state index is 13.4. The summed E-state index contributed by atoms with van der Waals surface area (Å²) in [5.41, 5.74) is -0.877. The lowest BCUT2D eigenvalue weighted by Crippen LogP contribution is -2.12. The number of nitrogens with one attached hydrogen (secondary N) is 1. The summed E-state index contributed by atoms with van der Waals surface area (Å²) in [6.45, 7) is -0.0513. The Morgan fingerprint density at radius 2 is 1.85 bits per heavy atom. The molecule has 0 fully saturated rings. The number of nitrogens with zero attached hydrogens (tertiary/aromatic N) is 2. The minimum atomic E-state index is -4.62. The summed E-state index contributed by atoms with van der Waals surface area (Å²) in [4.78, 5) is 6.91. The minimum Gasteiger partial charge on any atom is -0.350 e. The van der Waals surface area contributed by atoms with Gasteiger partial charge < -0.3 is 5.32 Å². The molecule has 0 radical (unpaired) electrons. The molecule has 0 aliphatic rings. The van der Waals surface area contributed by atoms with Crippen LogP contribution in [0.2, 0.25) is 5.15 Å². The average molecular weight is 306 g/mol. The molecule has 0 atom stereocenters. The van der Waals surface area contributed by atoms with Gasteiger partial charge in [-0.05, 0) is 6.07 Å². The second kappa shape index (κ2) is 5.62. The van der Waals surface area contributed by atoms with E-state index in [1.165, 1.54) is 18.2 Å². The van der Waals surface area contributed by atoms with Crippen LogP contribution < -0.4 is 5.32 Å². The van der Waals surface area contributed by atoms with Gasteiger partial charge in [-0.1, -0.05) is 29.8 Å². The van der Waals surface area contributed by atoms with E-state index in [-0.39, 0.29) is 23.2 Å². The number of hydrogen-bond acceptors (Lipinski definition) is 3. The van der Waals surface area contributed by atoms with Gasteiger partial charge in [-0.25, -0.2) is 14.4 Å². The van der Waals surface area contributed by atoms with Gasteiger partial charge in [0.25, 0.3) is 0 Å². The number of aromatic nitrogens is 2. The molecule has 0 aliphatic heterocycles. The smallest absolute Gasteiger partial charge is 0.350 e. The number of hydrogen-bond donors (Lipinski definition) is 1. The van der Waals surface area contributed by atoms with Gasteiger partial charge >= 0.3 is 6.18 Å². The Kier molecular flexibility index (Phi) is 4.08. The summed E-state index contributed by atoms with van der Waals surface area (Å²) in [7, 11) is 0. The largest absolute Gasteiger partial charge is 0.433 e. The third-order valence-electron chi connectivity index (χ3n) is 2.38. The molecule has 0 amide bonds. The molecule has 2 aromatic rings. The van der Waals surface area contributed by atoms with E-state index in [4.69, 9.17) is 11.6 Å². The Bertz CT molecular complexity index is 616. The molecule has 1 N–H and O–H groups in total. The van der Waals surface area contributed by atoms with Crippen molar-refractivity contribution in [3.05, 3.63) is 52.6 Å². The van der Waals surface area contributed by atoms with Crippen LogP contribution in [0.3, 0.4) is 0 Å². The van der Waals surface area contributed by atoms with Gasteiger partial charge in [-0.3, -0.25) is 0 Å². The van der Waals surface area contributed by atoms with Crippen molar-refractivity contribution in [2.45, 2.75) is 12.7 Å². The Hall–Kier alpha value is -1.89. The van der Waals surface area contributed by atoms with Gasteiger partial charge in [0.2, 0.25) is 5.95 Å². The third-order valence-corrected chi connectivity index (χ3v) is 2.57. The Morgan fingerprint density at radius 3 is 2.50 bits per heavy atom. The van der Waals surface area contributed by atoms with Gasteiger partial charge in [0.05, 0.1) is 0 Å². The van der Waals surface area contributed by atoms with Crippen LogP contribution in [-0.2, 0) is 12.7 Å². The SMILES string of the molecule is Fc1ccccc1CNc1nc(Cl)cc(C(F)(F)F)n1. The number of rotatable bonds is 3. The highest BCUT2D eigenvalue weighted by Gasteiger charge is 2.33. The molecule has 2 rings (SSSR count). The van der Waals surface area contributed by atoms with Crippen LogP contribution in [0, 0.1) is 5.82 Å². The van der Waals surface area contributed by atoms with Crippen molar-refractivity contribution >= 4 is 17.5 Å². The monoisotopic (exact) mass is 305 g/mol.